The quantitative estimate of drug-likeness (QED) is 0.651. The number of methoxy groups -OCH3 is 1. The van der Waals surface area contributed by atoms with E-state index in [1.807, 2.05) is 0 Å². The minimum atomic E-state index is -0.628. The molecule has 4 bridgehead atoms. The predicted octanol–water partition coefficient (Wildman–Crippen LogP) is 2.03. The van der Waals surface area contributed by atoms with Crippen LogP contribution in [0.25, 0.3) is 0 Å². The summed E-state index contributed by atoms with van der Waals surface area (Å²) in [5.41, 5.74) is -0.713. The molecule has 0 unspecified atom stereocenters. The van der Waals surface area contributed by atoms with Crippen molar-refractivity contribution >= 4 is 11.6 Å². The normalized spacial score (nSPS) is 34.4. The molecule has 0 aliphatic heterocycles. The van der Waals surface area contributed by atoms with Gasteiger partial charge in [0.25, 0.3) is 5.91 Å². The van der Waals surface area contributed by atoms with Crippen LogP contribution in [-0.2, 0) is 0 Å². The highest BCUT2D eigenvalue weighted by molar-refractivity contribution is 5.97. The number of H-pyrrole nitrogens is 1. The van der Waals surface area contributed by atoms with Crippen molar-refractivity contribution < 1.29 is 14.5 Å². The van der Waals surface area contributed by atoms with Crippen LogP contribution in [0, 0.1) is 27.9 Å². The number of hydrogen-bond acceptors (Lipinski definition) is 5. The first-order valence-electron chi connectivity index (χ1n) is 8.09. The number of carbonyl (C=O) groups is 1. The van der Waals surface area contributed by atoms with Gasteiger partial charge in [0.1, 0.15) is 0 Å². The van der Waals surface area contributed by atoms with E-state index < -0.39 is 16.5 Å². The molecule has 1 aromatic heterocycles. The number of nitrogens with zero attached hydrogens (tertiary/aromatic N) is 2. The smallest absolute Gasteiger partial charge is 0.362 e. The molecule has 2 N–H and O–H groups in total. The first-order chi connectivity index (χ1) is 11.0. The lowest BCUT2D eigenvalue weighted by molar-refractivity contribution is -0.386. The summed E-state index contributed by atoms with van der Waals surface area (Å²) in [6.45, 7) is 0. The van der Waals surface area contributed by atoms with E-state index in [0.29, 0.717) is 17.8 Å². The molecule has 124 valence electrons. The first-order valence-corrected chi connectivity index (χ1v) is 8.09. The van der Waals surface area contributed by atoms with E-state index in [-0.39, 0.29) is 17.1 Å². The molecule has 0 spiro atoms. The van der Waals surface area contributed by atoms with E-state index >= 15 is 0 Å². The highest BCUT2D eigenvalue weighted by Gasteiger charge is 2.52. The van der Waals surface area contributed by atoms with Crippen molar-refractivity contribution in [2.45, 2.75) is 44.1 Å². The van der Waals surface area contributed by atoms with Gasteiger partial charge in [0.2, 0.25) is 5.69 Å². The van der Waals surface area contributed by atoms with Gasteiger partial charge in [0.15, 0.2) is 0 Å². The lowest BCUT2D eigenvalue weighted by Crippen LogP contribution is -2.59. The second-order valence-corrected chi connectivity index (χ2v) is 7.37. The number of amides is 1. The molecule has 0 aromatic carbocycles. The van der Waals surface area contributed by atoms with Crippen molar-refractivity contribution in [1.29, 1.82) is 0 Å². The lowest BCUT2D eigenvalue weighted by Gasteiger charge is -2.56. The maximum Gasteiger partial charge on any atom is 0.362 e. The molecule has 4 saturated carbocycles. The van der Waals surface area contributed by atoms with Gasteiger partial charge in [-0.05, 0) is 56.3 Å². The van der Waals surface area contributed by atoms with Crippen molar-refractivity contribution in [3.8, 4) is 5.88 Å². The maximum atomic E-state index is 12.6. The molecule has 0 saturated heterocycles. The number of aromatic amines is 1. The Bertz CT molecular complexity index is 633. The Morgan fingerprint density at radius 2 is 1.87 bits per heavy atom. The number of rotatable bonds is 4. The van der Waals surface area contributed by atoms with Gasteiger partial charge in [-0.1, -0.05) is 0 Å². The number of nitrogens with one attached hydrogen (secondary N) is 2. The van der Waals surface area contributed by atoms with Crippen LogP contribution in [0.3, 0.4) is 0 Å². The summed E-state index contributed by atoms with van der Waals surface area (Å²) >= 11 is 0. The van der Waals surface area contributed by atoms with Crippen LogP contribution in [0.15, 0.2) is 0 Å². The molecular formula is C15H20N4O4. The number of carbonyl (C=O) groups excluding carboxylic acids is 1. The van der Waals surface area contributed by atoms with Gasteiger partial charge in [-0.25, -0.2) is 0 Å². The maximum absolute atomic E-state index is 12.6. The van der Waals surface area contributed by atoms with Gasteiger partial charge in [-0.3, -0.25) is 20.0 Å². The van der Waals surface area contributed by atoms with Crippen LogP contribution < -0.4 is 10.1 Å². The molecule has 23 heavy (non-hydrogen) atoms. The van der Waals surface area contributed by atoms with E-state index in [4.69, 9.17) is 4.74 Å². The van der Waals surface area contributed by atoms with Gasteiger partial charge < -0.3 is 10.1 Å². The molecule has 0 radical (unpaired) electrons. The predicted molar refractivity (Wildman–Crippen MR) is 80.2 cm³/mol. The fraction of sp³-hybridized carbons (Fsp3) is 0.733. The summed E-state index contributed by atoms with van der Waals surface area (Å²) in [5.74, 6) is 1.45. The third kappa shape index (κ3) is 2.27. The number of hydrogen-bond donors (Lipinski definition) is 2. The second kappa shape index (κ2) is 4.94. The molecule has 8 heteroatoms. The number of nitro groups is 1. The third-order valence-corrected chi connectivity index (χ3v) is 5.73. The van der Waals surface area contributed by atoms with Gasteiger partial charge in [0.05, 0.1) is 12.0 Å². The molecular weight excluding hydrogens is 300 g/mol. The van der Waals surface area contributed by atoms with E-state index in [1.165, 1.54) is 26.4 Å². The minimum Gasteiger partial charge on any atom is -0.475 e. The van der Waals surface area contributed by atoms with Crippen LogP contribution in [0.2, 0.25) is 0 Å². The first kappa shape index (κ1) is 14.5. The number of ether oxygens (including phenoxy) is 1. The largest absolute Gasteiger partial charge is 0.475 e. The van der Waals surface area contributed by atoms with Gasteiger partial charge in [0, 0.05) is 5.54 Å². The Morgan fingerprint density at radius 1 is 1.30 bits per heavy atom. The van der Waals surface area contributed by atoms with Crippen molar-refractivity contribution in [3.63, 3.8) is 0 Å². The summed E-state index contributed by atoms with van der Waals surface area (Å²) < 4.78 is 4.87. The summed E-state index contributed by atoms with van der Waals surface area (Å²) in [4.78, 5) is 23.2. The van der Waals surface area contributed by atoms with E-state index in [2.05, 4.69) is 15.5 Å². The average Bonchev–Trinajstić information content (AvgIpc) is 2.89. The third-order valence-electron chi connectivity index (χ3n) is 5.73. The van der Waals surface area contributed by atoms with E-state index in [1.54, 1.807) is 0 Å². The molecule has 1 amide bonds. The summed E-state index contributed by atoms with van der Waals surface area (Å²) in [6.07, 6.45) is 6.78. The molecule has 1 heterocycles. The Labute approximate surface area is 133 Å². The fourth-order valence-electron chi connectivity index (χ4n) is 5.36. The van der Waals surface area contributed by atoms with Gasteiger partial charge >= 0.3 is 11.6 Å². The number of aromatic nitrogens is 2. The van der Waals surface area contributed by atoms with Crippen LogP contribution >= 0.6 is 0 Å². The zero-order valence-corrected chi connectivity index (χ0v) is 13.0. The summed E-state index contributed by atoms with van der Waals surface area (Å²) in [5, 5.41) is 20.5. The minimum absolute atomic E-state index is 0.123. The van der Waals surface area contributed by atoms with Crippen LogP contribution in [0.5, 0.6) is 5.88 Å². The Morgan fingerprint density at radius 3 is 2.35 bits per heavy atom. The zero-order valence-electron chi connectivity index (χ0n) is 13.0. The summed E-state index contributed by atoms with van der Waals surface area (Å²) in [6, 6.07) is 0. The molecule has 1 aromatic rings. The Hall–Kier alpha value is -2.12. The average molecular weight is 320 g/mol. The molecule has 5 rings (SSSR count). The lowest BCUT2D eigenvalue weighted by atomic mass is 9.53. The van der Waals surface area contributed by atoms with Crippen molar-refractivity contribution in [3.05, 3.63) is 15.8 Å². The molecule has 0 atom stereocenters. The molecule has 4 aliphatic rings. The zero-order chi connectivity index (χ0) is 16.2. The van der Waals surface area contributed by atoms with Crippen LogP contribution in [0.4, 0.5) is 5.69 Å². The van der Waals surface area contributed by atoms with Gasteiger partial charge in [-0.15, -0.1) is 5.10 Å². The molecule has 4 aliphatic carbocycles. The van der Waals surface area contributed by atoms with Crippen LogP contribution in [-0.4, -0.2) is 33.7 Å². The second-order valence-electron chi connectivity index (χ2n) is 7.37. The standard InChI is InChI=1S/C15H20N4O4/c1-23-14-12(19(21)22)11(17-18-14)13(20)16-15-5-8-2-9(6-15)4-10(3-8)7-15/h8-10H,2-7H2,1H3,(H,16,20)(H,17,18). The molecule has 8 nitrogen and oxygen atoms in total. The van der Waals surface area contributed by atoms with E-state index in [9.17, 15) is 14.9 Å². The van der Waals surface area contributed by atoms with Gasteiger partial charge in [-0.2, -0.15) is 0 Å². The van der Waals surface area contributed by atoms with E-state index in [0.717, 1.165) is 19.3 Å². The highest BCUT2D eigenvalue weighted by Crippen LogP contribution is 2.55. The monoisotopic (exact) mass is 320 g/mol. The highest BCUT2D eigenvalue weighted by atomic mass is 16.6. The van der Waals surface area contributed by atoms with Crippen molar-refractivity contribution in [2.75, 3.05) is 7.11 Å². The SMILES string of the molecule is COc1n[nH]c(C(=O)NC23CC4CC(CC(C4)C2)C3)c1[N+](=O)[O-]. The van der Waals surface area contributed by atoms with Crippen molar-refractivity contribution in [1.82, 2.24) is 15.5 Å². The fourth-order valence-corrected chi connectivity index (χ4v) is 5.36. The summed E-state index contributed by atoms with van der Waals surface area (Å²) in [7, 11) is 1.30. The molecule has 4 fully saturated rings. The van der Waals surface area contributed by atoms with Crippen molar-refractivity contribution in [2.24, 2.45) is 17.8 Å². The Balaban J connectivity index is 1.59. The van der Waals surface area contributed by atoms with Crippen LogP contribution in [0.1, 0.15) is 49.0 Å². The Kier molecular flexibility index (Phi) is 3.11. The topological polar surface area (TPSA) is 110 Å².